The van der Waals surface area contributed by atoms with Crippen LogP contribution in [-0.2, 0) is 58.3 Å². The molecule has 2 fully saturated rings. The molecule has 6 N–H and O–H groups in total. The number of rotatable bonds is 24. The maximum atomic E-state index is 15.7. The molecule has 0 radical (unpaired) electrons. The Labute approximate surface area is 342 Å². The van der Waals surface area contributed by atoms with Crippen LogP contribution in [-0.4, -0.2) is 108 Å². The first-order valence-electron chi connectivity index (χ1n) is 19.7. The van der Waals surface area contributed by atoms with Gasteiger partial charge in [0.25, 0.3) is 0 Å². The molecule has 23 heteroatoms. The van der Waals surface area contributed by atoms with Crippen LogP contribution in [0.3, 0.4) is 0 Å². The number of nitrogens with two attached hydrogens (primary N) is 1. The Morgan fingerprint density at radius 1 is 0.983 bits per heavy atom. The van der Waals surface area contributed by atoms with E-state index in [2.05, 4.69) is 21.9 Å². The first kappa shape index (κ1) is 48.4. The van der Waals surface area contributed by atoms with Crippen molar-refractivity contribution in [3.63, 3.8) is 0 Å². The maximum Gasteiger partial charge on any atom is 0.481 e. The van der Waals surface area contributed by atoms with Crippen LogP contribution in [0.5, 0.6) is 0 Å². The van der Waals surface area contributed by atoms with Crippen LogP contribution < -0.4 is 5.73 Å². The molecule has 2 saturated heterocycles. The molecule has 0 aromatic carbocycles. The van der Waals surface area contributed by atoms with Gasteiger partial charge in [-0.25, -0.2) is 28.2 Å². The highest BCUT2D eigenvalue weighted by molar-refractivity contribution is 8.08. The Morgan fingerprint density at radius 2 is 1.62 bits per heavy atom. The number of alkyl halides is 1. The van der Waals surface area contributed by atoms with Gasteiger partial charge in [0.1, 0.15) is 36.8 Å². The number of nitrogen functional groups attached to an aromatic ring is 1. The number of carbonyl (C=O) groups excluding carboxylic acids is 2. The van der Waals surface area contributed by atoms with Crippen LogP contribution in [0.1, 0.15) is 111 Å². The summed E-state index contributed by atoms with van der Waals surface area (Å²) >= 11 is 4.92. The van der Waals surface area contributed by atoms with Gasteiger partial charge in [-0.15, -0.1) is 0 Å². The van der Waals surface area contributed by atoms with Crippen molar-refractivity contribution in [1.29, 1.82) is 0 Å². The van der Waals surface area contributed by atoms with Crippen molar-refractivity contribution in [2.75, 3.05) is 18.9 Å². The maximum absolute atomic E-state index is 15.7. The molecular formula is C35H58FN5O14P2S. The van der Waals surface area contributed by atoms with Gasteiger partial charge in [-0.1, -0.05) is 85.0 Å². The number of aromatic nitrogens is 4. The lowest BCUT2D eigenvalue weighted by Crippen LogP contribution is -2.55. The monoisotopic (exact) mass is 885 g/mol. The SMILES string of the molecule is CCCCCCCCCCCCCC(=O)OC[C@H](F)C1O[C@@H](OP(=O)(O)OP(O)(=S)OC[C@H]2O[C@@H](n3cnc4c(N)ncnc43)C(O)[C@H]2O)C(OC(C)=O)[C@@H](C)[C@@H]1C. The molecule has 5 unspecified atom stereocenters. The molecule has 12 atom stereocenters. The molecule has 0 bridgehead atoms. The third-order valence-electron chi connectivity index (χ3n) is 10.3. The summed E-state index contributed by atoms with van der Waals surface area (Å²) < 4.78 is 67.3. The number of anilines is 1. The molecule has 0 saturated carbocycles. The molecule has 2 aromatic rings. The Hall–Kier alpha value is -2.26. The van der Waals surface area contributed by atoms with Gasteiger partial charge >= 0.3 is 26.5 Å². The standard InChI is InChI=1S/C35H58FN5O14P2S/c1-5-6-7-8-9-10-11-12-13-14-15-16-26(43)49-17-24(36)30-21(2)22(3)31(51-23(4)42)35(53-30)54-56(46,47)55-57(48,58)50-18-25-28(44)29(45)34(52-25)41-20-40-27-32(37)38-19-39-33(27)41/h19-22,24-25,28-31,34-35,44-45H,5-18H2,1-4H3,(H,46,47)(H,48,58)(H2,37,38,39)/t21-,22-,24-,25+,28-,29?,30?,31?,34+,35-,57?/m0/s1. The van der Waals surface area contributed by atoms with Crippen molar-refractivity contribution < 1.29 is 70.8 Å². The fourth-order valence-electron chi connectivity index (χ4n) is 6.95. The van der Waals surface area contributed by atoms with E-state index in [0.717, 1.165) is 32.6 Å². The van der Waals surface area contributed by atoms with E-state index >= 15 is 4.39 Å². The van der Waals surface area contributed by atoms with Crippen LogP contribution in [0.2, 0.25) is 0 Å². The van der Waals surface area contributed by atoms with Crippen molar-refractivity contribution in [3.05, 3.63) is 12.7 Å². The van der Waals surface area contributed by atoms with E-state index in [-0.39, 0.29) is 23.4 Å². The minimum Gasteiger partial charge on any atom is -0.462 e. The molecule has 2 aromatic heterocycles. The highest BCUT2D eigenvalue weighted by Gasteiger charge is 2.51. The normalized spacial score (nSPS) is 28.8. The molecule has 330 valence electrons. The molecule has 0 spiro atoms. The van der Waals surface area contributed by atoms with E-state index in [9.17, 15) is 34.2 Å². The average molecular weight is 886 g/mol. The van der Waals surface area contributed by atoms with Gasteiger partial charge in [0.2, 0.25) is 6.29 Å². The van der Waals surface area contributed by atoms with Crippen LogP contribution >= 0.6 is 14.5 Å². The zero-order valence-electron chi connectivity index (χ0n) is 33.2. The second-order valence-corrected chi connectivity index (χ2v) is 19.2. The van der Waals surface area contributed by atoms with Gasteiger partial charge in [0, 0.05) is 19.3 Å². The van der Waals surface area contributed by atoms with Crippen molar-refractivity contribution in [2.45, 2.75) is 154 Å². The van der Waals surface area contributed by atoms with Gasteiger partial charge in [0.05, 0.1) is 19.0 Å². The number of halogens is 1. The van der Waals surface area contributed by atoms with Gasteiger partial charge in [0.15, 0.2) is 30.0 Å². The Bertz CT molecular complexity index is 1730. The number of nitrogens with zero attached hydrogens (tertiary/aromatic N) is 4. The minimum absolute atomic E-state index is 0.0676. The van der Waals surface area contributed by atoms with E-state index < -0.39 is 101 Å². The van der Waals surface area contributed by atoms with Crippen molar-refractivity contribution in [1.82, 2.24) is 19.5 Å². The van der Waals surface area contributed by atoms with Gasteiger partial charge in [-0.2, -0.15) is 0 Å². The number of phosphoric acid groups is 1. The number of esters is 2. The minimum atomic E-state index is -5.45. The predicted molar refractivity (Wildman–Crippen MR) is 210 cm³/mol. The van der Waals surface area contributed by atoms with Crippen molar-refractivity contribution in [3.8, 4) is 0 Å². The largest absolute Gasteiger partial charge is 0.481 e. The lowest BCUT2D eigenvalue weighted by atomic mass is 9.82. The second kappa shape index (κ2) is 22.5. The number of hydrogen-bond acceptors (Lipinski definition) is 17. The number of imidazole rings is 1. The van der Waals surface area contributed by atoms with Gasteiger partial charge in [-0.3, -0.25) is 18.7 Å². The molecular weight excluding hydrogens is 827 g/mol. The summed E-state index contributed by atoms with van der Waals surface area (Å²) in [4.78, 5) is 57.8. The fourth-order valence-corrected chi connectivity index (χ4v) is 10.0. The Morgan fingerprint density at radius 3 is 2.26 bits per heavy atom. The zero-order chi connectivity index (χ0) is 42.6. The number of fused-ring (bicyclic) bond motifs is 1. The highest BCUT2D eigenvalue weighted by atomic mass is 32.5. The number of unbranched alkanes of at least 4 members (excludes halogenated alkanes) is 10. The van der Waals surface area contributed by atoms with Crippen molar-refractivity contribution in [2.24, 2.45) is 11.8 Å². The smallest absolute Gasteiger partial charge is 0.462 e. The number of carbonyl (C=O) groups is 2. The van der Waals surface area contributed by atoms with Crippen LogP contribution in [0.4, 0.5) is 10.2 Å². The number of ether oxygens (including phenoxy) is 4. The number of aliphatic hydroxyl groups is 2. The summed E-state index contributed by atoms with van der Waals surface area (Å²) in [6, 6.07) is 0. The van der Waals surface area contributed by atoms with Crippen LogP contribution in [0, 0.1) is 11.8 Å². The summed E-state index contributed by atoms with van der Waals surface area (Å²) in [6.45, 7) is 0.390. The molecule has 2 aliphatic rings. The van der Waals surface area contributed by atoms with E-state index in [1.807, 2.05) is 0 Å². The molecule has 0 amide bonds. The first-order chi connectivity index (χ1) is 27.4. The highest BCUT2D eigenvalue weighted by Crippen LogP contribution is 2.62. The summed E-state index contributed by atoms with van der Waals surface area (Å²) in [7, 11) is -5.45. The molecule has 2 aliphatic heterocycles. The van der Waals surface area contributed by atoms with E-state index in [1.165, 1.54) is 55.7 Å². The third kappa shape index (κ3) is 13.9. The molecule has 4 rings (SSSR count). The molecule has 4 heterocycles. The second-order valence-electron chi connectivity index (χ2n) is 14.8. The van der Waals surface area contributed by atoms with Gasteiger partial charge in [-0.05, 0) is 24.1 Å². The molecule has 0 aliphatic carbocycles. The number of aliphatic hydroxyl groups excluding tert-OH is 2. The topological polar surface area (TPSA) is 266 Å². The number of hydrogen-bond donors (Lipinski definition) is 5. The quantitative estimate of drug-likeness (QED) is 0.0533. The van der Waals surface area contributed by atoms with E-state index in [0.29, 0.717) is 6.42 Å². The summed E-state index contributed by atoms with van der Waals surface area (Å²) in [5.41, 5.74) is 6.23. The molecule has 19 nitrogen and oxygen atoms in total. The van der Waals surface area contributed by atoms with Crippen molar-refractivity contribution >= 4 is 55.3 Å². The number of phosphoric ester groups is 1. The average Bonchev–Trinajstić information content (AvgIpc) is 3.71. The van der Waals surface area contributed by atoms with E-state index in [1.54, 1.807) is 13.8 Å². The Balaban J connectivity index is 1.27. The molecule has 58 heavy (non-hydrogen) atoms. The Kier molecular flexibility index (Phi) is 18.8. The summed E-state index contributed by atoms with van der Waals surface area (Å²) in [5.74, 6) is -2.69. The summed E-state index contributed by atoms with van der Waals surface area (Å²) in [6.07, 6.45) is 2.54. The lowest BCUT2D eigenvalue weighted by Gasteiger charge is -2.44. The third-order valence-corrected chi connectivity index (χ3v) is 13.8. The van der Waals surface area contributed by atoms with Crippen LogP contribution in [0.25, 0.3) is 11.2 Å². The van der Waals surface area contributed by atoms with Gasteiger partial charge < -0.3 is 49.2 Å². The van der Waals surface area contributed by atoms with Crippen LogP contribution in [0.15, 0.2) is 12.7 Å². The zero-order valence-corrected chi connectivity index (χ0v) is 35.9. The fraction of sp³-hybridized carbons (Fsp3) is 0.800. The van der Waals surface area contributed by atoms with E-state index in [4.69, 9.17) is 49.8 Å². The predicted octanol–water partition coefficient (Wildman–Crippen LogP) is 4.91. The lowest BCUT2D eigenvalue weighted by molar-refractivity contribution is -0.262. The first-order valence-corrected chi connectivity index (χ1v) is 23.8. The summed E-state index contributed by atoms with van der Waals surface area (Å²) in [5, 5.41) is 21.4.